The minimum absolute atomic E-state index is 0.0183. The van der Waals surface area contributed by atoms with Crippen LogP contribution in [0.4, 0.5) is 109 Å². The molecule has 6 aromatic carbocycles. The number of aryl methyl sites for hydroxylation is 1. The zero-order valence-corrected chi connectivity index (χ0v) is 76.9. The molecule has 2 atom stereocenters. The van der Waals surface area contributed by atoms with E-state index in [1.807, 2.05) is 0 Å². The molecule has 6 fully saturated rings. The van der Waals surface area contributed by atoms with Crippen molar-refractivity contribution in [3.8, 4) is 17.2 Å². The molecule has 12 heterocycles. The van der Waals surface area contributed by atoms with Crippen molar-refractivity contribution in [1.29, 1.82) is 0 Å². The summed E-state index contributed by atoms with van der Waals surface area (Å²) in [6.07, 6.45) is 0.369. The average Bonchev–Trinajstić information content (AvgIpc) is 0.621. The topological polar surface area (TPSA) is 329 Å². The first kappa shape index (κ1) is 94.7. The maximum Gasteiger partial charge on any atom is 0.420 e. The van der Waals surface area contributed by atoms with Crippen LogP contribution in [-0.4, -0.2) is 251 Å². The number of likely N-dealkylation sites (tertiary alicyclic amines) is 1. The molecule has 6 aliphatic heterocycles. The Morgan fingerprint density at radius 1 is 0.428 bits per heavy atom. The number of carbonyl (C=O) groups excluding carboxylic acids is 3. The number of nitrogens with zero attached hydrogens (tertiary/aromatic N) is 19. The molecular weight excluding hydrogens is 1800 g/mol. The number of halogens is 9. The Morgan fingerprint density at radius 2 is 0.812 bits per heavy atom. The summed E-state index contributed by atoms with van der Waals surface area (Å²) >= 11 is 0. The van der Waals surface area contributed by atoms with Gasteiger partial charge in [-0.25, -0.2) is 49.0 Å². The highest BCUT2D eigenvalue weighted by Gasteiger charge is 2.40. The van der Waals surface area contributed by atoms with Gasteiger partial charge < -0.3 is 75.2 Å². The molecule has 0 bridgehead atoms. The van der Waals surface area contributed by atoms with Gasteiger partial charge in [-0.1, -0.05) is 18.2 Å². The van der Waals surface area contributed by atoms with Gasteiger partial charge >= 0.3 is 18.5 Å². The van der Waals surface area contributed by atoms with Crippen LogP contribution in [0, 0.1) is 6.92 Å². The quantitative estimate of drug-likeness (QED) is 0.0229. The molecule has 18 rings (SSSR count). The van der Waals surface area contributed by atoms with Crippen molar-refractivity contribution in [2.45, 2.75) is 121 Å². The van der Waals surface area contributed by atoms with E-state index in [1.165, 1.54) is 48.8 Å². The lowest BCUT2D eigenvalue weighted by atomic mass is 10.0. The number of piperidine rings is 3. The molecule has 3 amide bonds. The molecule has 12 aromatic rings. The van der Waals surface area contributed by atoms with Crippen molar-refractivity contribution in [2.24, 2.45) is 0 Å². The maximum atomic E-state index is 14.9. The molecule has 138 heavy (non-hydrogen) atoms. The Morgan fingerprint density at radius 3 is 1.25 bits per heavy atom. The molecule has 6 aromatic heterocycles. The molecule has 0 spiro atoms. The minimum Gasteiger partial charge on any atom is -0.496 e. The number of ether oxygens (including phenoxy) is 5. The van der Waals surface area contributed by atoms with Crippen LogP contribution in [-0.2, 0) is 41.1 Å². The summed E-state index contributed by atoms with van der Waals surface area (Å²) in [4.78, 5) is 110. The molecule has 2 unspecified atom stereocenters. The van der Waals surface area contributed by atoms with Crippen LogP contribution in [0.2, 0.25) is 0 Å². The number of alkyl halides is 9. The van der Waals surface area contributed by atoms with Crippen LogP contribution < -0.4 is 69.9 Å². The maximum absolute atomic E-state index is 14.9. The molecule has 0 saturated carbocycles. The van der Waals surface area contributed by atoms with Crippen LogP contribution >= 0.6 is 0 Å². The molecule has 6 saturated heterocycles. The number of hydrogen-bond acceptors (Lipinski definition) is 28. The molecule has 33 nitrogen and oxygen atoms in total. The number of benzene rings is 6. The molecule has 6 N–H and O–H groups in total. The average molecular weight is 1910 g/mol. The van der Waals surface area contributed by atoms with Crippen LogP contribution in [0.1, 0.15) is 117 Å². The lowest BCUT2D eigenvalue weighted by molar-refractivity contribution is -0.665. The second-order valence-corrected chi connectivity index (χ2v) is 35.5. The van der Waals surface area contributed by atoms with E-state index >= 15 is 0 Å². The fourth-order valence-electron chi connectivity index (χ4n) is 19.0. The summed E-state index contributed by atoms with van der Waals surface area (Å²) in [6.45, 7) is 17.6. The minimum atomic E-state index is -4.87. The fourth-order valence-corrected chi connectivity index (χ4v) is 19.0. The number of amides is 3. The first-order valence-electron chi connectivity index (χ1n) is 45.8. The van der Waals surface area contributed by atoms with Gasteiger partial charge in [-0.2, -0.15) is 39.5 Å². The standard InChI is InChI=1S/C96H102F9N25O8/c1-56-8-9-59(88(131)113-64-14-17-79(134-5)70(43-64)94(97,98)99)40-73(56)116-86-83-77(47-107-92(120-83)126-30-24-69(25-31-126)128-49-57(2)138-58(3)50-128)129(54-111-86)52-63-13-11-61(90(133)115-66-16-19-81(136-7)72(45-66)96(103,104)105)42-75(63)118-87-84-78(48-108-93(121-84)125-28-22-68(23-29-125)124-36-38-137-39-37-124)130(55-112-87)51-62-12-10-60(89(132)114-65-15-18-80(135-6)71(44-65)95(100,101)102)41-74(62)117-85-82-76(109-53-110-85)46-106-91(119-82)127-34-32-123(33-35-127)67-20-26-122(4)27-21-67/h8-19,40-48,53-55,57-58,67-69H,20-39,49-52H2,1-7H3,(H4,109,110,113,114,115,117,131,132,133)/p+2. The van der Waals surface area contributed by atoms with E-state index in [-0.39, 0.29) is 99.8 Å². The van der Waals surface area contributed by atoms with Crippen LogP contribution in [0.15, 0.2) is 147 Å². The highest BCUT2D eigenvalue weighted by Crippen LogP contribution is 2.43. The molecule has 6 aliphatic rings. The summed E-state index contributed by atoms with van der Waals surface area (Å²) in [7, 11) is 5.49. The van der Waals surface area contributed by atoms with Crippen molar-refractivity contribution < 1.29 is 86.7 Å². The number of nitrogens with one attached hydrogen (secondary N) is 6. The number of methoxy groups -OCH3 is 3. The summed E-state index contributed by atoms with van der Waals surface area (Å²) < 4.78 is 161. The number of morpholine rings is 2. The third kappa shape index (κ3) is 21.2. The Labute approximate surface area is 787 Å². The van der Waals surface area contributed by atoms with E-state index in [0.29, 0.717) is 132 Å². The van der Waals surface area contributed by atoms with Gasteiger partial charge in [0, 0.05) is 159 Å². The fraction of sp³-hybridized carbons (Fsp3) is 0.406. The van der Waals surface area contributed by atoms with E-state index in [0.717, 1.165) is 149 Å². The first-order valence-corrected chi connectivity index (χ1v) is 45.8. The molecule has 0 radical (unpaired) electrons. The second-order valence-electron chi connectivity index (χ2n) is 35.5. The van der Waals surface area contributed by atoms with Crippen molar-refractivity contribution in [1.82, 2.24) is 69.4 Å². The van der Waals surface area contributed by atoms with Gasteiger partial charge in [0.25, 0.3) is 42.0 Å². The number of carbonyl (C=O) groups is 3. The van der Waals surface area contributed by atoms with Crippen molar-refractivity contribution in [3.05, 3.63) is 197 Å². The van der Waals surface area contributed by atoms with E-state index < -0.39 is 70.2 Å². The van der Waals surface area contributed by atoms with Crippen molar-refractivity contribution in [2.75, 3.05) is 180 Å². The third-order valence-electron chi connectivity index (χ3n) is 26.4. The summed E-state index contributed by atoms with van der Waals surface area (Å²) in [6, 6.07) is 24.9. The van der Waals surface area contributed by atoms with E-state index in [9.17, 15) is 53.9 Å². The first-order chi connectivity index (χ1) is 66.4. The number of aromatic nitrogens is 12. The summed E-state index contributed by atoms with van der Waals surface area (Å²) in [5, 5.41) is 18.4. The lowest BCUT2D eigenvalue weighted by Crippen LogP contribution is -2.53. The van der Waals surface area contributed by atoms with Gasteiger partial charge in [-0.05, 0) is 186 Å². The van der Waals surface area contributed by atoms with Gasteiger partial charge in [-0.3, -0.25) is 29.1 Å². The van der Waals surface area contributed by atoms with Crippen LogP contribution in [0.3, 0.4) is 0 Å². The predicted octanol–water partition coefficient (Wildman–Crippen LogP) is 13.7. The highest BCUT2D eigenvalue weighted by molar-refractivity contribution is 6.07. The number of rotatable bonds is 25. The normalized spacial score (nSPS) is 17.9. The molecule has 42 heteroatoms. The van der Waals surface area contributed by atoms with Gasteiger partial charge in [0.05, 0.1) is 82.0 Å². The number of hydrogen-bond donors (Lipinski definition) is 6. The smallest absolute Gasteiger partial charge is 0.420 e. The summed E-state index contributed by atoms with van der Waals surface area (Å²) in [5.74, 6) is -1.81. The largest absolute Gasteiger partial charge is 0.496 e. The van der Waals surface area contributed by atoms with Crippen molar-refractivity contribution in [3.63, 3.8) is 0 Å². The van der Waals surface area contributed by atoms with Gasteiger partial charge in [0.15, 0.2) is 27.9 Å². The van der Waals surface area contributed by atoms with Gasteiger partial charge in [-0.15, -0.1) is 0 Å². The highest BCUT2D eigenvalue weighted by atomic mass is 19.4. The number of fused-ring (bicyclic) bond motifs is 3. The second kappa shape index (κ2) is 40.2. The van der Waals surface area contributed by atoms with E-state index in [4.69, 9.17) is 68.5 Å². The number of anilines is 12. The van der Waals surface area contributed by atoms with Gasteiger partial charge in [0.2, 0.25) is 17.8 Å². The zero-order valence-electron chi connectivity index (χ0n) is 76.9. The molecule has 722 valence electrons. The van der Waals surface area contributed by atoms with Crippen LogP contribution in [0.5, 0.6) is 17.2 Å². The Kier molecular flexibility index (Phi) is 27.6. The van der Waals surface area contributed by atoms with Crippen LogP contribution in [0.25, 0.3) is 33.1 Å². The Hall–Kier alpha value is -13.7. The third-order valence-corrected chi connectivity index (χ3v) is 26.4. The number of piperazine rings is 1. The Bertz CT molecular complexity index is 6520. The zero-order chi connectivity index (χ0) is 96.4. The SMILES string of the molecule is COc1ccc(NC(=O)c2ccc(C)c(Nc3nc[n+](Cc4ccc(C(=O)Nc5ccc(OC)c(C(F)(F)F)c5)cc4Nc4nc[n+](Cc5ccc(C(=O)Nc6ccc(OC)c(C(F)(F)F)c6)cc5Nc5ncnc6cnc(N7CCN(C8CCN(C)CC8)CC7)nc56)c5cnc(N6CCC(N7CCOCC7)CC6)nc45)c4cnc(N5CCC(N6CC(C)OC(C)C6)CC5)nc34)c2)cc1C(F)(F)F. The van der Waals surface area contributed by atoms with Gasteiger partial charge in [0.1, 0.15) is 47.7 Å². The van der Waals surface area contributed by atoms with E-state index in [1.54, 1.807) is 77.6 Å². The van der Waals surface area contributed by atoms with Crippen molar-refractivity contribution >= 4 is 120 Å². The monoisotopic (exact) mass is 1910 g/mol. The summed E-state index contributed by atoms with van der Waals surface area (Å²) in [5.41, 5.74) is 1.05. The Balaban J connectivity index is 0.732. The molecule has 0 aliphatic carbocycles. The lowest BCUT2D eigenvalue weighted by Gasteiger charge is -2.43. The molecular formula is C96H104F9N25O8+2. The van der Waals surface area contributed by atoms with E-state index in [2.05, 4.69) is 92.1 Å². The predicted molar refractivity (Wildman–Crippen MR) is 499 cm³/mol.